The van der Waals surface area contributed by atoms with E-state index in [2.05, 4.69) is 20.3 Å². The minimum absolute atomic E-state index is 0.409. The van der Waals surface area contributed by atoms with Crippen molar-refractivity contribution in [1.82, 2.24) is 20.2 Å². The fourth-order valence-corrected chi connectivity index (χ4v) is 2.46. The van der Waals surface area contributed by atoms with E-state index in [-0.39, 0.29) is 0 Å². The Morgan fingerprint density at radius 1 is 1.45 bits per heavy atom. The van der Waals surface area contributed by atoms with Crippen LogP contribution in [0.4, 0.5) is 0 Å². The minimum atomic E-state index is -0.617. The molecule has 106 valence electrons. The Kier molecular flexibility index (Phi) is 5.08. The lowest BCUT2D eigenvalue weighted by Gasteiger charge is -2.08. The van der Waals surface area contributed by atoms with Gasteiger partial charge in [0.05, 0.1) is 12.8 Å². The van der Waals surface area contributed by atoms with E-state index in [1.165, 1.54) is 18.9 Å². The van der Waals surface area contributed by atoms with Crippen molar-refractivity contribution in [3.63, 3.8) is 0 Å². The maximum atomic E-state index is 11.2. The largest absolute Gasteiger partial charge is 0.468 e. The van der Waals surface area contributed by atoms with Crippen molar-refractivity contribution >= 4 is 17.7 Å². The second kappa shape index (κ2) is 7.01. The molecule has 1 aromatic heterocycles. The van der Waals surface area contributed by atoms with Gasteiger partial charge in [-0.3, -0.25) is 4.79 Å². The van der Waals surface area contributed by atoms with Crippen molar-refractivity contribution in [3.05, 3.63) is 30.3 Å². The highest BCUT2D eigenvalue weighted by atomic mass is 32.2. The number of aromatic nitrogens is 4. The van der Waals surface area contributed by atoms with Gasteiger partial charge in [0.25, 0.3) is 0 Å². The number of nitrogens with zero attached hydrogens (tertiary/aromatic N) is 4. The van der Waals surface area contributed by atoms with Gasteiger partial charge in [-0.05, 0) is 29.0 Å². The van der Waals surface area contributed by atoms with Gasteiger partial charge in [-0.2, -0.15) is 4.68 Å². The smallest absolute Gasteiger partial charge is 0.322 e. The van der Waals surface area contributed by atoms with Crippen LogP contribution in [0.25, 0.3) is 5.69 Å². The summed E-state index contributed by atoms with van der Waals surface area (Å²) in [5.41, 5.74) is 6.56. The molecule has 1 aromatic carbocycles. The lowest BCUT2D eigenvalue weighted by atomic mass is 10.2. The number of para-hydroxylation sites is 1. The summed E-state index contributed by atoms with van der Waals surface area (Å²) in [5, 5.41) is 12.2. The molecule has 0 amide bonds. The Bertz CT molecular complexity index is 560. The summed E-state index contributed by atoms with van der Waals surface area (Å²) in [6.07, 6.45) is 0.499. The summed E-state index contributed by atoms with van der Waals surface area (Å²) >= 11 is 1.44. The molecule has 2 aromatic rings. The summed E-state index contributed by atoms with van der Waals surface area (Å²) in [6, 6.07) is 8.97. The predicted octanol–water partition coefficient (Wildman–Crippen LogP) is 0.645. The van der Waals surface area contributed by atoms with Crippen molar-refractivity contribution in [2.45, 2.75) is 17.6 Å². The summed E-state index contributed by atoms with van der Waals surface area (Å²) < 4.78 is 6.22. The molecule has 20 heavy (non-hydrogen) atoms. The van der Waals surface area contributed by atoms with Crippen LogP contribution in [0.15, 0.2) is 35.5 Å². The van der Waals surface area contributed by atoms with E-state index < -0.39 is 12.0 Å². The van der Waals surface area contributed by atoms with E-state index in [0.717, 1.165) is 5.69 Å². The van der Waals surface area contributed by atoms with Gasteiger partial charge in [0.2, 0.25) is 5.16 Å². The number of hydrogen-bond acceptors (Lipinski definition) is 7. The highest BCUT2D eigenvalue weighted by Gasteiger charge is 2.15. The maximum absolute atomic E-state index is 11.2. The molecule has 2 N–H and O–H groups in total. The number of esters is 1. The Labute approximate surface area is 120 Å². The van der Waals surface area contributed by atoms with Crippen molar-refractivity contribution in [2.24, 2.45) is 5.73 Å². The standard InChI is InChI=1S/C12H15N5O2S/c1-19-11(18)10(13)7-8-20-12-14-15-16-17(12)9-5-3-2-4-6-9/h2-6,10H,7-8,13H2,1H3. The summed E-state index contributed by atoms with van der Waals surface area (Å²) in [5.74, 6) is 0.219. The van der Waals surface area contributed by atoms with Crippen LogP contribution >= 0.6 is 11.8 Å². The van der Waals surface area contributed by atoms with Gasteiger partial charge in [-0.25, -0.2) is 0 Å². The number of carbonyl (C=O) groups excluding carboxylic acids is 1. The van der Waals surface area contributed by atoms with Crippen molar-refractivity contribution in [2.75, 3.05) is 12.9 Å². The minimum Gasteiger partial charge on any atom is -0.468 e. The fourth-order valence-electron chi connectivity index (χ4n) is 1.55. The highest BCUT2D eigenvalue weighted by Crippen LogP contribution is 2.19. The van der Waals surface area contributed by atoms with Gasteiger partial charge in [-0.1, -0.05) is 30.0 Å². The number of thioether (sulfide) groups is 1. The second-order valence-corrected chi connectivity index (χ2v) is 5.04. The molecule has 0 saturated carbocycles. The summed E-state index contributed by atoms with van der Waals surface area (Å²) in [4.78, 5) is 11.2. The van der Waals surface area contributed by atoms with Crippen LogP contribution in [0, 0.1) is 0 Å². The monoisotopic (exact) mass is 293 g/mol. The third-order valence-electron chi connectivity index (χ3n) is 2.61. The van der Waals surface area contributed by atoms with Crippen molar-refractivity contribution < 1.29 is 9.53 Å². The first-order valence-electron chi connectivity index (χ1n) is 6.02. The molecule has 0 aliphatic carbocycles. The van der Waals surface area contributed by atoms with Crippen LogP contribution in [0.5, 0.6) is 0 Å². The lowest BCUT2D eigenvalue weighted by Crippen LogP contribution is -2.32. The summed E-state index contributed by atoms with van der Waals surface area (Å²) in [6.45, 7) is 0. The molecule has 8 heteroatoms. The molecule has 0 aliphatic heterocycles. The molecule has 0 bridgehead atoms. The van der Waals surface area contributed by atoms with E-state index >= 15 is 0 Å². The number of tetrazole rings is 1. The van der Waals surface area contributed by atoms with Crippen molar-refractivity contribution in [3.8, 4) is 5.69 Å². The maximum Gasteiger partial charge on any atom is 0.322 e. The van der Waals surface area contributed by atoms with Crippen LogP contribution in [-0.4, -0.2) is 45.1 Å². The Hall–Kier alpha value is -1.93. The molecule has 0 aliphatic rings. The molecule has 1 atom stereocenters. The van der Waals surface area contributed by atoms with Crippen LogP contribution < -0.4 is 5.73 Å². The van der Waals surface area contributed by atoms with Crippen LogP contribution in [0.2, 0.25) is 0 Å². The van der Waals surface area contributed by atoms with E-state index in [1.54, 1.807) is 4.68 Å². The number of carbonyl (C=O) groups is 1. The molecule has 0 saturated heterocycles. The van der Waals surface area contributed by atoms with Gasteiger partial charge in [0.15, 0.2) is 0 Å². The molecular weight excluding hydrogens is 278 g/mol. The Morgan fingerprint density at radius 3 is 2.90 bits per heavy atom. The van der Waals surface area contributed by atoms with Crippen LogP contribution in [-0.2, 0) is 9.53 Å². The van der Waals surface area contributed by atoms with Crippen LogP contribution in [0.3, 0.4) is 0 Å². The van der Waals surface area contributed by atoms with Gasteiger partial charge < -0.3 is 10.5 Å². The van der Waals surface area contributed by atoms with E-state index in [9.17, 15) is 4.79 Å². The van der Waals surface area contributed by atoms with Crippen LogP contribution in [0.1, 0.15) is 6.42 Å². The van der Waals surface area contributed by atoms with E-state index in [1.807, 2.05) is 30.3 Å². The molecule has 0 spiro atoms. The fraction of sp³-hybridized carbons (Fsp3) is 0.333. The number of nitrogens with two attached hydrogens (primary N) is 1. The SMILES string of the molecule is COC(=O)C(N)CCSc1nnnn1-c1ccccc1. The zero-order chi connectivity index (χ0) is 14.4. The number of methoxy groups -OCH3 is 1. The molecule has 0 radical (unpaired) electrons. The number of ether oxygens (including phenoxy) is 1. The third-order valence-corrected chi connectivity index (χ3v) is 3.56. The number of benzene rings is 1. The first-order chi connectivity index (χ1) is 9.72. The average molecular weight is 293 g/mol. The van der Waals surface area contributed by atoms with E-state index in [0.29, 0.717) is 17.3 Å². The quantitative estimate of drug-likeness (QED) is 0.617. The molecule has 1 heterocycles. The average Bonchev–Trinajstić information content (AvgIpc) is 2.95. The second-order valence-electron chi connectivity index (χ2n) is 3.98. The van der Waals surface area contributed by atoms with Gasteiger partial charge >= 0.3 is 5.97 Å². The normalized spacial score (nSPS) is 12.1. The number of hydrogen-bond donors (Lipinski definition) is 1. The Balaban J connectivity index is 1.95. The van der Waals surface area contributed by atoms with Gasteiger partial charge in [0, 0.05) is 5.75 Å². The van der Waals surface area contributed by atoms with Gasteiger partial charge in [0.1, 0.15) is 6.04 Å². The zero-order valence-corrected chi connectivity index (χ0v) is 11.8. The molecule has 0 fully saturated rings. The number of rotatable bonds is 6. The Morgan fingerprint density at radius 2 is 2.20 bits per heavy atom. The molecular formula is C12H15N5O2S. The first kappa shape index (κ1) is 14.5. The molecule has 2 rings (SSSR count). The predicted molar refractivity (Wildman–Crippen MR) is 74.5 cm³/mol. The summed E-state index contributed by atoms with van der Waals surface area (Å²) in [7, 11) is 1.32. The zero-order valence-electron chi connectivity index (χ0n) is 11.0. The van der Waals surface area contributed by atoms with Crippen molar-refractivity contribution in [1.29, 1.82) is 0 Å². The lowest BCUT2D eigenvalue weighted by molar-refractivity contribution is -0.142. The van der Waals surface area contributed by atoms with E-state index in [4.69, 9.17) is 5.73 Å². The topological polar surface area (TPSA) is 95.9 Å². The molecule has 7 nitrogen and oxygen atoms in total. The van der Waals surface area contributed by atoms with Gasteiger partial charge in [-0.15, -0.1) is 5.10 Å². The highest BCUT2D eigenvalue weighted by molar-refractivity contribution is 7.99. The third kappa shape index (κ3) is 3.55. The molecule has 1 unspecified atom stereocenters. The first-order valence-corrected chi connectivity index (χ1v) is 7.01.